The second-order valence-corrected chi connectivity index (χ2v) is 7.24. The van der Waals surface area contributed by atoms with Crippen LogP contribution < -0.4 is 16.6 Å². The van der Waals surface area contributed by atoms with Gasteiger partial charge in [0.15, 0.2) is 0 Å². The fourth-order valence-corrected chi connectivity index (χ4v) is 3.14. The number of rotatable bonds is 8. The number of anilines is 1. The number of nitrogens with one attached hydrogen (secondary N) is 1. The number of allylic oxidation sites excluding steroid dienone is 1. The lowest BCUT2D eigenvalue weighted by Gasteiger charge is -2.19. The highest BCUT2D eigenvalue weighted by Gasteiger charge is 2.22. The maximum absolute atomic E-state index is 14.6. The van der Waals surface area contributed by atoms with E-state index in [1.807, 2.05) is 13.8 Å². The Hall–Kier alpha value is -2.90. The molecule has 2 N–H and O–H groups in total. The predicted molar refractivity (Wildman–Crippen MR) is 105 cm³/mol. The first kappa shape index (κ1) is 19.9. The van der Waals surface area contributed by atoms with Crippen LogP contribution in [0.25, 0.3) is 10.9 Å². The molecule has 1 saturated carbocycles. The van der Waals surface area contributed by atoms with Crippen LogP contribution in [0.1, 0.15) is 39.2 Å². The van der Waals surface area contributed by atoms with Gasteiger partial charge >= 0.3 is 11.7 Å². The van der Waals surface area contributed by atoms with Crippen molar-refractivity contribution in [3.8, 4) is 0 Å². The van der Waals surface area contributed by atoms with Crippen molar-refractivity contribution >= 4 is 22.6 Å². The normalized spacial score (nSPS) is 15.2. The van der Waals surface area contributed by atoms with Gasteiger partial charge in [-0.3, -0.25) is 13.9 Å². The SMILES string of the molecule is CCC(C)n1c(=O)n(C/C=C/C(=O)O)c(=O)c2cc(F)c(NCC3CC3)cc21. The maximum atomic E-state index is 14.6. The molecule has 1 atom stereocenters. The first-order chi connectivity index (χ1) is 13.3. The summed E-state index contributed by atoms with van der Waals surface area (Å²) in [6.07, 6.45) is 4.97. The van der Waals surface area contributed by atoms with Crippen molar-refractivity contribution in [2.75, 3.05) is 11.9 Å². The maximum Gasteiger partial charge on any atom is 0.332 e. The number of aromatic nitrogens is 2. The zero-order valence-corrected chi connectivity index (χ0v) is 15.9. The third-order valence-electron chi connectivity index (χ3n) is 5.12. The molecule has 1 aromatic heterocycles. The molecule has 1 aliphatic carbocycles. The van der Waals surface area contributed by atoms with E-state index in [1.165, 1.54) is 16.7 Å². The Balaban J connectivity index is 2.18. The molecule has 0 spiro atoms. The predicted octanol–water partition coefficient (Wildman–Crippen LogP) is 2.74. The first-order valence-corrected chi connectivity index (χ1v) is 9.45. The minimum atomic E-state index is -1.17. The quantitative estimate of drug-likeness (QED) is 0.677. The number of nitrogens with zero attached hydrogens (tertiary/aromatic N) is 2. The lowest BCUT2D eigenvalue weighted by Crippen LogP contribution is -2.41. The van der Waals surface area contributed by atoms with E-state index in [0.29, 0.717) is 24.4 Å². The van der Waals surface area contributed by atoms with E-state index in [0.717, 1.165) is 29.6 Å². The monoisotopic (exact) mass is 389 g/mol. The van der Waals surface area contributed by atoms with Gasteiger partial charge in [0, 0.05) is 25.2 Å². The molecule has 7 nitrogen and oxygen atoms in total. The van der Waals surface area contributed by atoms with Crippen LogP contribution in [0.2, 0.25) is 0 Å². The number of carbonyl (C=O) groups is 1. The van der Waals surface area contributed by atoms with Crippen LogP contribution in [-0.4, -0.2) is 26.8 Å². The van der Waals surface area contributed by atoms with Gasteiger partial charge in [-0.05, 0) is 44.2 Å². The van der Waals surface area contributed by atoms with Crippen LogP contribution in [0.5, 0.6) is 0 Å². The summed E-state index contributed by atoms with van der Waals surface area (Å²) >= 11 is 0. The van der Waals surface area contributed by atoms with Crippen molar-refractivity contribution < 1.29 is 14.3 Å². The van der Waals surface area contributed by atoms with Gasteiger partial charge < -0.3 is 10.4 Å². The van der Waals surface area contributed by atoms with Gasteiger partial charge in [0.1, 0.15) is 5.82 Å². The summed E-state index contributed by atoms with van der Waals surface area (Å²) in [7, 11) is 0. The minimum Gasteiger partial charge on any atom is -0.478 e. The molecular weight excluding hydrogens is 365 g/mol. The van der Waals surface area contributed by atoms with E-state index in [2.05, 4.69) is 5.32 Å². The molecule has 8 heteroatoms. The molecule has 3 rings (SSSR count). The van der Waals surface area contributed by atoms with Crippen molar-refractivity contribution in [2.24, 2.45) is 5.92 Å². The van der Waals surface area contributed by atoms with Gasteiger partial charge in [-0.25, -0.2) is 14.0 Å². The smallest absolute Gasteiger partial charge is 0.332 e. The molecule has 0 amide bonds. The van der Waals surface area contributed by atoms with Crippen LogP contribution in [0.15, 0.2) is 33.9 Å². The number of benzene rings is 1. The van der Waals surface area contributed by atoms with E-state index < -0.39 is 23.0 Å². The highest BCUT2D eigenvalue weighted by Crippen LogP contribution is 2.30. The van der Waals surface area contributed by atoms with Crippen LogP contribution in [0.3, 0.4) is 0 Å². The number of halogens is 1. The Morgan fingerprint density at radius 1 is 1.39 bits per heavy atom. The molecule has 0 radical (unpaired) electrons. The summed E-state index contributed by atoms with van der Waals surface area (Å²) in [5, 5.41) is 11.9. The number of aliphatic carboxylic acids is 1. The minimum absolute atomic E-state index is 0.0955. The Morgan fingerprint density at radius 3 is 2.71 bits per heavy atom. The Kier molecular flexibility index (Phi) is 5.67. The molecule has 1 fully saturated rings. The molecule has 28 heavy (non-hydrogen) atoms. The van der Waals surface area contributed by atoms with Crippen LogP contribution >= 0.6 is 0 Å². The zero-order chi connectivity index (χ0) is 20.4. The van der Waals surface area contributed by atoms with E-state index in [9.17, 15) is 18.8 Å². The highest BCUT2D eigenvalue weighted by atomic mass is 19.1. The lowest BCUT2D eigenvalue weighted by molar-refractivity contribution is -0.131. The average molecular weight is 389 g/mol. The highest BCUT2D eigenvalue weighted by molar-refractivity contribution is 5.82. The van der Waals surface area contributed by atoms with E-state index >= 15 is 0 Å². The van der Waals surface area contributed by atoms with Crippen molar-refractivity contribution in [1.82, 2.24) is 9.13 Å². The number of hydrogen-bond donors (Lipinski definition) is 2. The van der Waals surface area contributed by atoms with Gasteiger partial charge in [-0.1, -0.05) is 13.0 Å². The molecule has 0 aliphatic heterocycles. The number of fused-ring (bicyclic) bond motifs is 1. The summed E-state index contributed by atoms with van der Waals surface area (Å²) < 4.78 is 17.0. The second-order valence-electron chi connectivity index (χ2n) is 7.24. The van der Waals surface area contributed by atoms with Gasteiger partial charge in [0.2, 0.25) is 0 Å². The van der Waals surface area contributed by atoms with E-state index in [4.69, 9.17) is 5.11 Å². The van der Waals surface area contributed by atoms with Crippen LogP contribution in [-0.2, 0) is 11.3 Å². The van der Waals surface area contributed by atoms with Gasteiger partial charge in [0.05, 0.1) is 16.6 Å². The van der Waals surface area contributed by atoms with Gasteiger partial charge in [0.25, 0.3) is 5.56 Å². The Labute approximate surface area is 161 Å². The van der Waals surface area contributed by atoms with Crippen molar-refractivity contribution in [1.29, 1.82) is 0 Å². The fraction of sp³-hybridized carbons (Fsp3) is 0.450. The Bertz CT molecular complexity index is 1050. The second kappa shape index (κ2) is 8.00. The first-order valence-electron chi connectivity index (χ1n) is 9.45. The number of hydrogen-bond acceptors (Lipinski definition) is 4. The third kappa shape index (κ3) is 4.00. The number of carboxylic acids is 1. The summed E-state index contributed by atoms with van der Waals surface area (Å²) in [5.74, 6) is -1.18. The third-order valence-corrected chi connectivity index (χ3v) is 5.12. The summed E-state index contributed by atoms with van der Waals surface area (Å²) in [6, 6.07) is 2.47. The van der Waals surface area contributed by atoms with Crippen molar-refractivity contribution in [3.63, 3.8) is 0 Å². The van der Waals surface area contributed by atoms with E-state index in [-0.39, 0.29) is 23.7 Å². The molecular formula is C20H24FN3O4. The van der Waals surface area contributed by atoms with Crippen LogP contribution in [0.4, 0.5) is 10.1 Å². The zero-order valence-electron chi connectivity index (χ0n) is 15.9. The van der Waals surface area contributed by atoms with Crippen molar-refractivity contribution in [3.05, 3.63) is 50.9 Å². The molecule has 0 saturated heterocycles. The Morgan fingerprint density at radius 2 is 2.11 bits per heavy atom. The molecule has 1 unspecified atom stereocenters. The molecule has 1 aliphatic rings. The molecule has 1 heterocycles. The van der Waals surface area contributed by atoms with Gasteiger partial charge in [-0.2, -0.15) is 0 Å². The van der Waals surface area contributed by atoms with Crippen LogP contribution in [0, 0.1) is 11.7 Å². The standard InChI is InChI=1S/C20H24FN3O4/c1-3-12(2)24-17-10-16(22-11-13-6-7-13)15(21)9-14(17)19(27)23(20(24)28)8-4-5-18(25)26/h4-5,9-10,12-13,22H,3,6-8,11H2,1-2H3,(H,25,26)/b5-4+. The van der Waals surface area contributed by atoms with E-state index in [1.54, 1.807) is 0 Å². The summed E-state index contributed by atoms with van der Waals surface area (Å²) in [4.78, 5) is 36.5. The molecule has 150 valence electrons. The summed E-state index contributed by atoms with van der Waals surface area (Å²) in [5.41, 5.74) is -0.523. The summed E-state index contributed by atoms with van der Waals surface area (Å²) in [6.45, 7) is 4.23. The topological polar surface area (TPSA) is 93.3 Å². The van der Waals surface area contributed by atoms with Gasteiger partial charge in [-0.15, -0.1) is 0 Å². The molecule has 0 bridgehead atoms. The lowest BCUT2D eigenvalue weighted by atomic mass is 10.1. The molecule has 2 aromatic rings. The largest absolute Gasteiger partial charge is 0.478 e. The van der Waals surface area contributed by atoms with Crippen molar-refractivity contribution in [2.45, 2.75) is 45.7 Å². The average Bonchev–Trinajstić information content (AvgIpc) is 3.47. The molecule has 1 aromatic carbocycles. The fourth-order valence-electron chi connectivity index (χ4n) is 3.14. The number of carboxylic acid groups (broad SMARTS) is 1.